The van der Waals surface area contributed by atoms with Gasteiger partial charge in [-0.1, -0.05) is 12.2 Å². The Labute approximate surface area is 260 Å². The quantitative estimate of drug-likeness (QED) is 0.115. The predicted molar refractivity (Wildman–Crippen MR) is 156 cm³/mol. The molecular formula is C20H23FN10O10P2S2. The average Bonchev–Trinajstić information content (AvgIpc) is 3.72. The lowest BCUT2D eigenvalue weighted by molar-refractivity contribution is -0.0584. The Balaban J connectivity index is 1.21. The third kappa shape index (κ3) is 5.55. The lowest BCUT2D eigenvalue weighted by Crippen LogP contribution is -2.35. The van der Waals surface area contributed by atoms with Crippen molar-refractivity contribution in [3.63, 3.8) is 0 Å². The van der Waals surface area contributed by atoms with E-state index >= 15 is 4.39 Å². The summed E-state index contributed by atoms with van der Waals surface area (Å²) in [7, 11) is 0. The third-order valence-corrected chi connectivity index (χ3v) is 10.5. The monoisotopic (exact) mass is 708 g/mol. The summed E-state index contributed by atoms with van der Waals surface area (Å²) in [5.74, 6) is -0.183. The summed E-state index contributed by atoms with van der Waals surface area (Å²) in [5, 5.41) is 11.1. The summed E-state index contributed by atoms with van der Waals surface area (Å²) in [6.45, 7) is -9.92. The highest BCUT2D eigenvalue weighted by Gasteiger charge is 2.53. The van der Waals surface area contributed by atoms with Crippen LogP contribution >= 0.6 is 25.8 Å². The van der Waals surface area contributed by atoms with Crippen LogP contribution in [-0.4, -0.2) is 98.9 Å². The number of nitrogens with two attached hydrogens (primary N) is 2. The number of anilines is 2. The molecule has 3 saturated heterocycles. The van der Waals surface area contributed by atoms with Crippen LogP contribution < -0.4 is 17.0 Å². The van der Waals surface area contributed by atoms with E-state index in [0.717, 1.165) is 6.33 Å². The number of aromatic amines is 1. The van der Waals surface area contributed by atoms with Crippen molar-refractivity contribution in [1.82, 2.24) is 39.0 Å². The minimum absolute atomic E-state index is 0.0449. The number of imidazole rings is 2. The molecule has 2 bridgehead atoms. The van der Waals surface area contributed by atoms with Crippen molar-refractivity contribution in [2.75, 3.05) is 24.7 Å². The zero-order chi connectivity index (χ0) is 31.8. The molecule has 10 atom stereocenters. The molecule has 45 heavy (non-hydrogen) atoms. The molecule has 25 heteroatoms. The van der Waals surface area contributed by atoms with Gasteiger partial charge in [-0.3, -0.25) is 32.5 Å². The molecule has 7 N–H and O–H groups in total. The maximum atomic E-state index is 16.0. The summed E-state index contributed by atoms with van der Waals surface area (Å²) in [6.07, 6.45) is -8.57. The van der Waals surface area contributed by atoms with E-state index in [1.165, 1.54) is 21.8 Å². The Morgan fingerprint density at radius 2 is 1.69 bits per heavy atom. The van der Waals surface area contributed by atoms with E-state index in [2.05, 4.69) is 42.2 Å². The molecule has 3 aliphatic heterocycles. The van der Waals surface area contributed by atoms with Gasteiger partial charge in [0, 0.05) is 0 Å². The Morgan fingerprint density at radius 1 is 1.00 bits per heavy atom. The first kappa shape index (κ1) is 31.0. The van der Waals surface area contributed by atoms with Gasteiger partial charge in [0.2, 0.25) is 5.95 Å². The molecule has 0 spiro atoms. The third-order valence-electron chi connectivity index (χ3n) is 7.28. The van der Waals surface area contributed by atoms with E-state index in [1.54, 1.807) is 0 Å². The molecule has 20 nitrogen and oxygen atoms in total. The van der Waals surface area contributed by atoms with E-state index in [1.807, 2.05) is 0 Å². The van der Waals surface area contributed by atoms with Crippen LogP contribution in [0, 0.1) is 0 Å². The standard InChI is InChI=1S/C20H23FN10O10P2S2/c21-8-12-7(39-18(8)30-4-26-9-14(22)24-3-25-15(9)30)2-37-43(35,45)41-13-11(32)6(1-36-42(34,44)40-12)38-19(13)31-5-27-10-16(31)28-20(23)29-17(10)33/h3-8,11-13,18-19,32H,1-2H2,(H,34,44)(H,35,45)(H2,22,24,25)(H3,23,28,29,33)/t6-,7?,8-,11-,12-,13-,18-,19-,42?,43?/m1/s1. The topological polar surface area (TPSA) is 272 Å². The second-order valence-electron chi connectivity index (χ2n) is 10.1. The molecule has 7 heterocycles. The fraction of sp³-hybridized carbons (Fsp3) is 0.500. The van der Waals surface area contributed by atoms with Crippen molar-refractivity contribution in [2.45, 2.75) is 49.1 Å². The second-order valence-corrected chi connectivity index (χ2v) is 15.8. The SMILES string of the molecule is Nc1nc2c(ncn2[C@@H]2O[C@@H]3COP(O)(=S)O[C@@H]4C(COP(=O)(S)O[C@@H]2[C@@H]3O)O[C@@H](n2cnc3c(N)ncnc32)[C@@H]4F)c(=O)[nH]1. The molecule has 7 rings (SSSR count). The number of nitrogen functional groups attached to an aromatic ring is 2. The second kappa shape index (κ2) is 11.2. The van der Waals surface area contributed by atoms with Gasteiger partial charge in [0.1, 0.15) is 42.4 Å². The van der Waals surface area contributed by atoms with Gasteiger partial charge < -0.3 is 35.5 Å². The molecule has 3 unspecified atom stereocenters. The van der Waals surface area contributed by atoms with Crippen LogP contribution in [0.15, 0.2) is 23.8 Å². The summed E-state index contributed by atoms with van der Waals surface area (Å²) in [5.41, 5.74) is 11.1. The van der Waals surface area contributed by atoms with Gasteiger partial charge in [0.15, 0.2) is 41.3 Å². The molecule has 0 amide bonds. The smallest absolute Gasteiger partial charge is 0.386 e. The molecule has 0 radical (unpaired) electrons. The predicted octanol–water partition coefficient (Wildman–Crippen LogP) is -0.310. The first-order chi connectivity index (χ1) is 21.3. The number of hydrogen-bond acceptors (Lipinski definition) is 17. The van der Waals surface area contributed by atoms with Crippen molar-refractivity contribution in [3.05, 3.63) is 29.3 Å². The van der Waals surface area contributed by atoms with Crippen LogP contribution in [0.1, 0.15) is 12.5 Å². The summed E-state index contributed by atoms with van der Waals surface area (Å²) in [6, 6.07) is 0. The number of hydrogen-bond donors (Lipinski definition) is 6. The molecule has 0 saturated carbocycles. The van der Waals surface area contributed by atoms with Gasteiger partial charge >= 0.3 is 13.5 Å². The van der Waals surface area contributed by atoms with Crippen LogP contribution in [-0.2, 0) is 43.9 Å². The number of aliphatic hydroxyl groups is 1. The van der Waals surface area contributed by atoms with Crippen LogP contribution in [0.5, 0.6) is 0 Å². The molecular weight excluding hydrogens is 685 g/mol. The number of fused-ring (bicyclic) bond motifs is 5. The highest BCUT2D eigenvalue weighted by Crippen LogP contribution is 2.58. The summed E-state index contributed by atoms with van der Waals surface area (Å²) in [4.78, 5) is 45.7. The first-order valence-electron chi connectivity index (χ1n) is 12.9. The number of alkyl halides is 1. The minimum Gasteiger partial charge on any atom is -0.387 e. The molecule has 4 aromatic heterocycles. The summed E-state index contributed by atoms with van der Waals surface area (Å²) < 4.78 is 65.9. The minimum atomic E-state index is -4.41. The van der Waals surface area contributed by atoms with Crippen molar-refractivity contribution in [3.8, 4) is 0 Å². The number of ether oxygens (including phenoxy) is 2. The lowest BCUT2D eigenvalue weighted by atomic mass is 10.1. The number of aliphatic hydroxyl groups excluding tert-OH is 1. The fourth-order valence-electron chi connectivity index (χ4n) is 5.26. The number of H-pyrrole nitrogens is 1. The first-order valence-corrected chi connectivity index (χ1v) is 18.2. The molecule has 3 fully saturated rings. The summed E-state index contributed by atoms with van der Waals surface area (Å²) >= 11 is 9.20. The van der Waals surface area contributed by atoms with Gasteiger partial charge in [-0.15, -0.1) is 0 Å². The molecule has 4 aromatic rings. The molecule has 0 aromatic carbocycles. The van der Waals surface area contributed by atoms with E-state index in [9.17, 15) is 19.4 Å². The number of rotatable bonds is 2. The Bertz CT molecular complexity index is 1950. The number of nitrogens with one attached hydrogen (secondary N) is 1. The van der Waals surface area contributed by atoms with E-state index in [0.29, 0.717) is 0 Å². The fourth-order valence-corrected chi connectivity index (χ4v) is 8.16. The van der Waals surface area contributed by atoms with E-state index in [4.69, 9.17) is 50.8 Å². The molecule has 242 valence electrons. The van der Waals surface area contributed by atoms with Crippen LogP contribution in [0.3, 0.4) is 0 Å². The van der Waals surface area contributed by atoms with E-state index < -0.39 is 81.4 Å². The van der Waals surface area contributed by atoms with Crippen molar-refractivity contribution >= 4 is 71.7 Å². The Morgan fingerprint density at radius 3 is 2.47 bits per heavy atom. The van der Waals surface area contributed by atoms with Gasteiger partial charge in [0.05, 0.1) is 25.9 Å². The van der Waals surface area contributed by atoms with Crippen LogP contribution in [0.2, 0.25) is 0 Å². The molecule has 0 aliphatic carbocycles. The maximum absolute atomic E-state index is 16.0. The van der Waals surface area contributed by atoms with Gasteiger partial charge in [-0.2, -0.15) is 4.98 Å². The zero-order valence-corrected chi connectivity index (χ0v) is 25.8. The van der Waals surface area contributed by atoms with E-state index in [-0.39, 0.29) is 34.1 Å². The normalized spacial score (nSPS) is 37.7. The number of aromatic nitrogens is 8. The zero-order valence-electron chi connectivity index (χ0n) is 22.3. The Kier molecular flexibility index (Phi) is 7.74. The lowest BCUT2D eigenvalue weighted by Gasteiger charge is -2.27. The van der Waals surface area contributed by atoms with Crippen molar-refractivity contribution in [1.29, 1.82) is 0 Å². The van der Waals surface area contributed by atoms with Crippen molar-refractivity contribution in [2.24, 2.45) is 0 Å². The Hall–Kier alpha value is -2.66. The van der Waals surface area contributed by atoms with Gasteiger partial charge in [-0.25, -0.2) is 28.9 Å². The number of halogens is 1. The average molecular weight is 709 g/mol. The maximum Gasteiger partial charge on any atom is 0.386 e. The molecule has 3 aliphatic rings. The van der Waals surface area contributed by atoms with Gasteiger partial charge in [-0.05, 0) is 11.8 Å². The van der Waals surface area contributed by atoms with Gasteiger partial charge in [0.25, 0.3) is 5.56 Å². The number of nitrogens with zero attached hydrogens (tertiary/aromatic N) is 7. The van der Waals surface area contributed by atoms with Crippen molar-refractivity contribution < 1.29 is 46.5 Å². The highest BCUT2D eigenvalue weighted by molar-refractivity contribution is 8.44. The number of thiol groups is 1. The largest absolute Gasteiger partial charge is 0.387 e. The van der Waals surface area contributed by atoms with Crippen LogP contribution in [0.25, 0.3) is 22.3 Å². The van der Waals surface area contributed by atoms with Crippen LogP contribution in [0.4, 0.5) is 16.2 Å². The highest BCUT2D eigenvalue weighted by atomic mass is 32.7.